The molecule has 0 aliphatic heterocycles. The highest BCUT2D eigenvalue weighted by Gasteiger charge is 2.02. The first kappa shape index (κ1) is 14.5. The Kier molecular flexibility index (Phi) is 6.86. The van der Waals surface area contributed by atoms with E-state index in [4.69, 9.17) is 5.41 Å². The minimum atomic E-state index is 0.261. The molecule has 0 amide bonds. The van der Waals surface area contributed by atoms with Gasteiger partial charge in [-0.3, -0.25) is 10.7 Å². The van der Waals surface area contributed by atoms with Gasteiger partial charge < -0.3 is 10.6 Å². The smallest absolute Gasteiger partial charge is 0.204 e. The molecule has 0 aliphatic carbocycles. The van der Waals surface area contributed by atoms with Gasteiger partial charge in [0.15, 0.2) is 5.96 Å². The maximum atomic E-state index is 7.69. The Morgan fingerprint density at radius 2 is 2.22 bits per heavy atom. The molecule has 1 rings (SSSR count). The molecule has 0 saturated heterocycles. The van der Waals surface area contributed by atoms with E-state index in [-0.39, 0.29) is 5.96 Å². The second-order valence-electron chi connectivity index (χ2n) is 3.72. The molecule has 0 fully saturated rings. The predicted octanol–water partition coefficient (Wildman–Crippen LogP) is 2.26. The Morgan fingerprint density at radius 1 is 1.39 bits per heavy atom. The van der Waals surface area contributed by atoms with E-state index >= 15 is 0 Å². The minimum absolute atomic E-state index is 0.261. The van der Waals surface area contributed by atoms with E-state index in [9.17, 15) is 0 Å². The Labute approximate surface area is 112 Å². The quantitative estimate of drug-likeness (QED) is 0.376. The molecule has 0 unspecified atom stereocenters. The van der Waals surface area contributed by atoms with Crippen LogP contribution >= 0.6 is 11.3 Å². The molecular formula is C12H21N5S. The molecule has 5 nitrogen and oxygen atoms in total. The Hall–Kier alpha value is -1.56. The van der Waals surface area contributed by atoms with Gasteiger partial charge in [-0.2, -0.15) is 0 Å². The van der Waals surface area contributed by atoms with Crippen LogP contribution in [0.5, 0.6) is 0 Å². The van der Waals surface area contributed by atoms with Crippen molar-refractivity contribution in [3.05, 3.63) is 17.5 Å². The number of nitrogens with one attached hydrogen (secondary N) is 4. The molecule has 0 aromatic carbocycles. The van der Waals surface area contributed by atoms with Crippen molar-refractivity contribution in [2.75, 3.05) is 13.1 Å². The summed E-state index contributed by atoms with van der Waals surface area (Å²) in [5.41, 5.74) is 0. The van der Waals surface area contributed by atoms with Crippen LogP contribution in [0.1, 0.15) is 26.7 Å². The molecule has 1 aromatic heterocycles. The maximum Gasteiger partial charge on any atom is 0.204 e. The first-order chi connectivity index (χ1) is 8.76. The fraction of sp³-hybridized carbons (Fsp3) is 0.500. The summed E-state index contributed by atoms with van der Waals surface area (Å²) in [6.07, 6.45) is 2.21. The van der Waals surface area contributed by atoms with Gasteiger partial charge in [-0.25, -0.2) is 4.99 Å². The lowest BCUT2D eigenvalue weighted by atomic mass is 10.3. The summed E-state index contributed by atoms with van der Waals surface area (Å²) in [7, 11) is 0. The largest absolute Gasteiger partial charge is 0.357 e. The Bertz CT molecular complexity index is 372. The first-order valence-electron chi connectivity index (χ1n) is 6.21. The summed E-state index contributed by atoms with van der Waals surface area (Å²) < 4.78 is 0. The van der Waals surface area contributed by atoms with Gasteiger partial charge in [-0.15, -0.1) is 11.3 Å². The van der Waals surface area contributed by atoms with E-state index in [1.807, 2.05) is 24.4 Å². The lowest BCUT2D eigenvalue weighted by molar-refractivity contribution is 0.745. The standard InChI is InChI=1S/C12H21N5S/c1-3-5-8-15-12(17-11(13)14-4-2)16-10-7-6-9-18-10/h6-7,9H,3-5,8H2,1-2H3,(H4,13,14,15,16,17). The summed E-state index contributed by atoms with van der Waals surface area (Å²) in [6, 6.07) is 3.91. The molecule has 1 aromatic rings. The van der Waals surface area contributed by atoms with E-state index in [2.05, 4.69) is 27.9 Å². The lowest BCUT2D eigenvalue weighted by Crippen LogP contribution is -2.46. The summed E-state index contributed by atoms with van der Waals surface area (Å²) in [6.45, 7) is 5.67. The van der Waals surface area contributed by atoms with Gasteiger partial charge in [-0.1, -0.05) is 13.3 Å². The van der Waals surface area contributed by atoms with Crippen LogP contribution in [0.4, 0.5) is 5.00 Å². The molecule has 0 saturated carbocycles. The molecule has 0 bridgehead atoms. The number of thiophene rings is 1. The third kappa shape index (κ3) is 5.67. The van der Waals surface area contributed by atoms with Gasteiger partial charge >= 0.3 is 0 Å². The molecule has 4 N–H and O–H groups in total. The number of hydrogen-bond acceptors (Lipinski definition) is 3. The summed E-state index contributed by atoms with van der Waals surface area (Å²) in [5.74, 6) is 0.883. The average molecular weight is 267 g/mol. The van der Waals surface area contributed by atoms with E-state index in [1.165, 1.54) is 0 Å². The van der Waals surface area contributed by atoms with Crippen LogP contribution in [-0.4, -0.2) is 25.0 Å². The monoisotopic (exact) mass is 267 g/mol. The topological polar surface area (TPSA) is 72.3 Å². The van der Waals surface area contributed by atoms with E-state index < -0.39 is 0 Å². The van der Waals surface area contributed by atoms with Crippen LogP contribution in [0.2, 0.25) is 0 Å². The summed E-state index contributed by atoms with van der Waals surface area (Å²) >= 11 is 1.57. The molecule has 18 heavy (non-hydrogen) atoms. The van der Waals surface area contributed by atoms with Crippen molar-refractivity contribution in [1.29, 1.82) is 5.41 Å². The Morgan fingerprint density at radius 3 is 2.83 bits per heavy atom. The second-order valence-corrected chi connectivity index (χ2v) is 4.65. The molecule has 0 aliphatic rings. The van der Waals surface area contributed by atoms with Crippen molar-refractivity contribution in [2.24, 2.45) is 4.99 Å². The number of hydrogen-bond donors (Lipinski definition) is 4. The highest BCUT2D eigenvalue weighted by atomic mass is 32.1. The van der Waals surface area contributed by atoms with Crippen LogP contribution in [-0.2, 0) is 0 Å². The molecule has 0 atom stereocenters. The van der Waals surface area contributed by atoms with E-state index in [0.29, 0.717) is 12.5 Å². The second kappa shape index (κ2) is 8.52. The Balaban J connectivity index is 2.59. The van der Waals surface area contributed by atoms with Crippen molar-refractivity contribution >= 4 is 28.3 Å². The number of guanidine groups is 2. The maximum absolute atomic E-state index is 7.69. The fourth-order valence-electron chi connectivity index (χ4n) is 1.28. The number of nitrogens with zero attached hydrogens (tertiary/aromatic N) is 1. The third-order valence-corrected chi connectivity index (χ3v) is 2.91. The van der Waals surface area contributed by atoms with E-state index in [0.717, 1.165) is 24.4 Å². The zero-order valence-electron chi connectivity index (χ0n) is 10.9. The number of aliphatic imine (C=N–C) groups is 1. The van der Waals surface area contributed by atoms with Gasteiger partial charge in [0.2, 0.25) is 5.96 Å². The van der Waals surface area contributed by atoms with Crippen molar-refractivity contribution in [1.82, 2.24) is 16.0 Å². The predicted molar refractivity (Wildman–Crippen MR) is 78.9 cm³/mol. The van der Waals surface area contributed by atoms with Gasteiger partial charge in [0.1, 0.15) is 5.00 Å². The molecule has 6 heteroatoms. The van der Waals surface area contributed by atoms with Crippen LogP contribution in [0.15, 0.2) is 22.5 Å². The lowest BCUT2D eigenvalue weighted by Gasteiger charge is -2.12. The SMILES string of the molecule is CCCCNC(=Nc1cccs1)NC(=N)NCC. The zero-order chi connectivity index (χ0) is 13.2. The van der Waals surface area contributed by atoms with Gasteiger partial charge in [0, 0.05) is 13.1 Å². The number of rotatable bonds is 5. The van der Waals surface area contributed by atoms with Gasteiger partial charge in [0.25, 0.3) is 0 Å². The molecule has 0 spiro atoms. The highest BCUT2D eigenvalue weighted by Crippen LogP contribution is 2.18. The zero-order valence-corrected chi connectivity index (χ0v) is 11.7. The molecular weight excluding hydrogens is 246 g/mol. The minimum Gasteiger partial charge on any atom is -0.357 e. The fourth-order valence-corrected chi connectivity index (χ4v) is 1.88. The van der Waals surface area contributed by atoms with Crippen LogP contribution in [0.3, 0.4) is 0 Å². The van der Waals surface area contributed by atoms with Gasteiger partial charge in [0.05, 0.1) is 0 Å². The van der Waals surface area contributed by atoms with Crippen molar-refractivity contribution in [3.8, 4) is 0 Å². The van der Waals surface area contributed by atoms with E-state index in [1.54, 1.807) is 11.3 Å². The van der Waals surface area contributed by atoms with Gasteiger partial charge in [-0.05, 0) is 30.9 Å². The molecule has 100 valence electrons. The summed E-state index contributed by atoms with van der Waals surface area (Å²) in [4.78, 5) is 4.44. The third-order valence-electron chi connectivity index (χ3n) is 2.15. The van der Waals surface area contributed by atoms with Crippen molar-refractivity contribution in [3.63, 3.8) is 0 Å². The summed E-state index contributed by atoms with van der Waals surface area (Å²) in [5, 5.41) is 19.6. The van der Waals surface area contributed by atoms with Crippen molar-refractivity contribution in [2.45, 2.75) is 26.7 Å². The highest BCUT2D eigenvalue weighted by molar-refractivity contribution is 7.13. The molecule has 1 heterocycles. The molecule has 0 radical (unpaired) electrons. The number of unbranched alkanes of at least 4 members (excludes halogenated alkanes) is 1. The van der Waals surface area contributed by atoms with Crippen molar-refractivity contribution < 1.29 is 0 Å². The van der Waals surface area contributed by atoms with Crippen LogP contribution < -0.4 is 16.0 Å². The van der Waals surface area contributed by atoms with Crippen LogP contribution in [0, 0.1) is 5.41 Å². The normalized spacial score (nSPS) is 11.1. The van der Waals surface area contributed by atoms with Crippen LogP contribution in [0.25, 0.3) is 0 Å². The average Bonchev–Trinajstić information content (AvgIpc) is 2.82. The first-order valence-corrected chi connectivity index (χ1v) is 7.09.